The van der Waals surface area contributed by atoms with Gasteiger partial charge in [-0.15, -0.1) is 0 Å². The number of ether oxygens (including phenoxy) is 1. The quantitative estimate of drug-likeness (QED) is 0.645. The van der Waals surface area contributed by atoms with Gasteiger partial charge in [-0.3, -0.25) is 4.39 Å². The molecule has 0 aliphatic heterocycles. The zero-order valence-corrected chi connectivity index (χ0v) is 15.0. The molecule has 4 heteroatoms. The predicted molar refractivity (Wildman–Crippen MR) is 92.0 cm³/mol. The van der Waals surface area contributed by atoms with E-state index in [0.717, 1.165) is 12.2 Å². The van der Waals surface area contributed by atoms with Crippen LogP contribution in [0.25, 0.3) is 0 Å². The van der Waals surface area contributed by atoms with Crippen molar-refractivity contribution in [2.45, 2.75) is 27.7 Å². The van der Waals surface area contributed by atoms with Gasteiger partial charge in [-0.25, -0.2) is 0 Å². The molecule has 0 saturated carbocycles. The lowest BCUT2D eigenvalue weighted by Crippen LogP contribution is -2.31. The molecule has 0 aromatic heterocycles. The molecule has 114 valence electrons. The van der Waals surface area contributed by atoms with Crippen molar-refractivity contribution in [3.8, 4) is 0 Å². The van der Waals surface area contributed by atoms with E-state index in [1.807, 2.05) is 13.8 Å². The summed E-state index contributed by atoms with van der Waals surface area (Å²) >= 11 is 2.29. The molecule has 0 radical (unpaired) electrons. The summed E-state index contributed by atoms with van der Waals surface area (Å²) in [7, 11) is 0. The second kappa shape index (κ2) is 7.59. The summed E-state index contributed by atoms with van der Waals surface area (Å²) < 4.78 is 19.6. The minimum absolute atomic E-state index is 0.00931. The maximum Gasteiger partial charge on any atom is 0.0967 e. The Morgan fingerprint density at radius 1 is 1.05 bits per heavy atom. The summed E-state index contributed by atoms with van der Waals surface area (Å²) in [5.74, 6) is 0. The fourth-order valence-corrected chi connectivity index (χ4v) is 1.96. The molecule has 20 heavy (non-hydrogen) atoms. The molecule has 0 aliphatic rings. The fraction of sp³-hybridized carbons (Fsp3) is 0.625. The Kier molecular flexibility index (Phi) is 6.72. The van der Waals surface area contributed by atoms with Gasteiger partial charge in [0.15, 0.2) is 0 Å². The van der Waals surface area contributed by atoms with E-state index < -0.39 is 0 Å². The summed E-state index contributed by atoms with van der Waals surface area (Å²) in [6.45, 7) is 9.60. The van der Waals surface area contributed by atoms with Gasteiger partial charge >= 0.3 is 0 Å². The standard InChI is InChI=1S/C16H25FINO/c1-15(2,9-17)11-20-12-16(3,4)10-19-14-7-5-13(18)6-8-14/h5-8,19H,9-12H2,1-4H3. The van der Waals surface area contributed by atoms with Crippen molar-refractivity contribution >= 4 is 28.3 Å². The first-order valence-electron chi connectivity index (χ1n) is 6.87. The minimum atomic E-state index is -0.389. The van der Waals surface area contributed by atoms with Crippen molar-refractivity contribution in [2.75, 3.05) is 31.7 Å². The maximum atomic E-state index is 12.7. The summed E-state index contributed by atoms with van der Waals surface area (Å²) in [4.78, 5) is 0. The number of halogens is 2. The van der Waals surface area contributed by atoms with Crippen molar-refractivity contribution < 1.29 is 9.13 Å². The van der Waals surface area contributed by atoms with Gasteiger partial charge in [0, 0.05) is 26.6 Å². The van der Waals surface area contributed by atoms with Crippen LogP contribution in [0.2, 0.25) is 0 Å². The van der Waals surface area contributed by atoms with Crippen LogP contribution in [0.3, 0.4) is 0 Å². The van der Waals surface area contributed by atoms with E-state index in [1.165, 1.54) is 3.57 Å². The third-order valence-electron chi connectivity index (χ3n) is 2.96. The average Bonchev–Trinajstić information content (AvgIpc) is 2.38. The molecule has 1 aromatic carbocycles. The Bertz CT molecular complexity index is 403. The van der Waals surface area contributed by atoms with Gasteiger partial charge in [0.25, 0.3) is 0 Å². The number of hydrogen-bond donors (Lipinski definition) is 1. The van der Waals surface area contributed by atoms with E-state index in [4.69, 9.17) is 4.74 Å². The Morgan fingerprint density at radius 3 is 2.15 bits per heavy atom. The lowest BCUT2D eigenvalue weighted by Gasteiger charge is -2.28. The topological polar surface area (TPSA) is 21.3 Å². The first-order chi connectivity index (χ1) is 9.24. The highest BCUT2D eigenvalue weighted by molar-refractivity contribution is 14.1. The summed E-state index contributed by atoms with van der Waals surface area (Å²) in [5, 5.41) is 3.42. The van der Waals surface area contributed by atoms with Gasteiger partial charge in [-0.05, 0) is 46.9 Å². The molecular formula is C16H25FINO. The van der Waals surface area contributed by atoms with Crippen LogP contribution in [0.5, 0.6) is 0 Å². The number of nitrogens with one attached hydrogen (secondary N) is 1. The molecule has 0 bridgehead atoms. The Hall–Kier alpha value is -0.360. The van der Waals surface area contributed by atoms with Crippen LogP contribution < -0.4 is 5.32 Å². The summed E-state index contributed by atoms with van der Waals surface area (Å²) in [6.07, 6.45) is 0. The Labute approximate surface area is 135 Å². The van der Waals surface area contributed by atoms with Crippen molar-refractivity contribution in [1.82, 2.24) is 0 Å². The number of hydrogen-bond acceptors (Lipinski definition) is 2. The third-order valence-corrected chi connectivity index (χ3v) is 3.68. The molecule has 1 rings (SSSR count). The average molecular weight is 393 g/mol. The van der Waals surface area contributed by atoms with Crippen LogP contribution >= 0.6 is 22.6 Å². The highest BCUT2D eigenvalue weighted by atomic mass is 127. The molecule has 0 aliphatic carbocycles. The molecule has 0 atom stereocenters. The van der Waals surface area contributed by atoms with Gasteiger partial charge in [0.1, 0.15) is 0 Å². The second-order valence-corrected chi connectivity index (χ2v) is 8.06. The highest BCUT2D eigenvalue weighted by Gasteiger charge is 2.22. The van der Waals surface area contributed by atoms with Gasteiger partial charge < -0.3 is 10.1 Å². The van der Waals surface area contributed by atoms with Crippen LogP contribution in [0, 0.1) is 14.4 Å². The predicted octanol–water partition coefficient (Wildman–Crippen LogP) is 4.74. The van der Waals surface area contributed by atoms with Crippen molar-refractivity contribution in [1.29, 1.82) is 0 Å². The lowest BCUT2D eigenvalue weighted by atomic mass is 9.93. The van der Waals surface area contributed by atoms with E-state index in [0.29, 0.717) is 13.2 Å². The van der Waals surface area contributed by atoms with Gasteiger partial charge in [-0.2, -0.15) is 0 Å². The molecule has 2 nitrogen and oxygen atoms in total. The molecule has 0 spiro atoms. The van der Waals surface area contributed by atoms with Gasteiger partial charge in [0.05, 0.1) is 19.9 Å². The smallest absolute Gasteiger partial charge is 0.0967 e. The molecule has 0 saturated heterocycles. The third kappa shape index (κ3) is 6.88. The fourth-order valence-electron chi connectivity index (χ4n) is 1.60. The molecular weight excluding hydrogens is 368 g/mol. The maximum absolute atomic E-state index is 12.7. The van der Waals surface area contributed by atoms with Gasteiger partial charge in [0.2, 0.25) is 0 Å². The summed E-state index contributed by atoms with van der Waals surface area (Å²) in [5.41, 5.74) is 0.734. The van der Waals surface area contributed by atoms with Crippen LogP contribution in [0.15, 0.2) is 24.3 Å². The largest absolute Gasteiger partial charge is 0.384 e. The number of alkyl halides is 1. The highest BCUT2D eigenvalue weighted by Crippen LogP contribution is 2.21. The van der Waals surface area contributed by atoms with Crippen molar-refractivity contribution in [3.05, 3.63) is 27.8 Å². The van der Waals surface area contributed by atoms with Crippen LogP contribution in [0.1, 0.15) is 27.7 Å². The molecule has 0 heterocycles. The first kappa shape index (κ1) is 17.7. The van der Waals surface area contributed by atoms with E-state index in [2.05, 4.69) is 66.0 Å². The van der Waals surface area contributed by atoms with Crippen LogP contribution in [0.4, 0.5) is 10.1 Å². The second-order valence-electron chi connectivity index (χ2n) is 6.82. The van der Waals surface area contributed by atoms with Crippen molar-refractivity contribution in [2.24, 2.45) is 10.8 Å². The van der Waals surface area contributed by atoms with Crippen molar-refractivity contribution in [3.63, 3.8) is 0 Å². The Balaban J connectivity index is 2.35. The van der Waals surface area contributed by atoms with Crippen LogP contribution in [-0.2, 0) is 4.74 Å². The lowest BCUT2D eigenvalue weighted by molar-refractivity contribution is 0.0108. The normalized spacial score (nSPS) is 12.5. The van der Waals surface area contributed by atoms with E-state index in [9.17, 15) is 4.39 Å². The molecule has 0 amide bonds. The number of benzene rings is 1. The van der Waals surface area contributed by atoms with E-state index in [-0.39, 0.29) is 17.5 Å². The molecule has 0 fully saturated rings. The monoisotopic (exact) mass is 393 g/mol. The Morgan fingerprint density at radius 2 is 1.60 bits per heavy atom. The first-order valence-corrected chi connectivity index (χ1v) is 7.95. The summed E-state index contributed by atoms with van der Waals surface area (Å²) in [6, 6.07) is 8.31. The SMILES string of the molecule is CC(C)(CF)COCC(C)(C)CNc1ccc(I)cc1. The minimum Gasteiger partial charge on any atom is -0.384 e. The molecule has 1 aromatic rings. The molecule has 1 N–H and O–H groups in total. The zero-order chi connectivity index (χ0) is 15.2. The number of rotatable bonds is 8. The zero-order valence-electron chi connectivity index (χ0n) is 12.8. The van der Waals surface area contributed by atoms with Crippen LogP contribution in [-0.4, -0.2) is 26.4 Å². The molecule has 0 unspecified atom stereocenters. The van der Waals surface area contributed by atoms with Gasteiger partial charge in [-0.1, -0.05) is 27.7 Å². The number of anilines is 1. The van der Waals surface area contributed by atoms with E-state index >= 15 is 0 Å². The van der Waals surface area contributed by atoms with E-state index in [1.54, 1.807) is 0 Å².